The Morgan fingerprint density at radius 2 is 1.93 bits per heavy atom. The van der Waals surface area contributed by atoms with Crippen LogP contribution in [0.5, 0.6) is 0 Å². The van der Waals surface area contributed by atoms with Crippen molar-refractivity contribution in [3.05, 3.63) is 0 Å². The molecule has 1 aliphatic rings. The fraction of sp³-hybridized carbons (Fsp3) is 1.00. The lowest BCUT2D eigenvalue weighted by Gasteiger charge is -2.26. The Kier molecular flexibility index (Phi) is 6.92. The Morgan fingerprint density at radius 1 is 1.20 bits per heavy atom. The lowest BCUT2D eigenvalue weighted by Crippen LogP contribution is -2.44. The third-order valence-corrected chi connectivity index (χ3v) is 2.66. The van der Waals surface area contributed by atoms with Gasteiger partial charge in [0, 0.05) is 39.3 Å². The predicted octanol–water partition coefficient (Wildman–Crippen LogP) is -0.140. The zero-order chi connectivity index (χ0) is 10.9. The monoisotopic (exact) mass is 215 g/mol. The summed E-state index contributed by atoms with van der Waals surface area (Å²) >= 11 is 0. The number of piperazine rings is 1. The summed E-state index contributed by atoms with van der Waals surface area (Å²) in [6, 6.07) is 0. The molecule has 0 aliphatic carbocycles. The zero-order valence-corrected chi connectivity index (χ0v) is 10.2. The van der Waals surface area contributed by atoms with E-state index in [-0.39, 0.29) is 0 Å². The molecule has 1 saturated heterocycles. The van der Waals surface area contributed by atoms with Gasteiger partial charge in [-0.15, -0.1) is 0 Å². The van der Waals surface area contributed by atoms with Crippen LogP contribution in [-0.2, 0) is 4.74 Å². The van der Waals surface area contributed by atoms with Gasteiger partial charge in [-0.3, -0.25) is 4.90 Å². The van der Waals surface area contributed by atoms with Crippen LogP contribution in [-0.4, -0.2) is 76.4 Å². The van der Waals surface area contributed by atoms with Crippen LogP contribution in [0.25, 0.3) is 0 Å². The van der Waals surface area contributed by atoms with Crippen LogP contribution in [0.3, 0.4) is 0 Å². The van der Waals surface area contributed by atoms with Crippen molar-refractivity contribution in [1.29, 1.82) is 0 Å². The third kappa shape index (κ3) is 6.84. The summed E-state index contributed by atoms with van der Waals surface area (Å²) in [5, 5.41) is 3.35. The van der Waals surface area contributed by atoms with E-state index in [4.69, 9.17) is 4.74 Å². The van der Waals surface area contributed by atoms with Crippen molar-refractivity contribution in [3.63, 3.8) is 0 Å². The molecule has 1 heterocycles. The van der Waals surface area contributed by atoms with E-state index in [9.17, 15) is 0 Å². The minimum atomic E-state index is 0.882. The van der Waals surface area contributed by atoms with Crippen LogP contribution in [0.4, 0.5) is 0 Å². The van der Waals surface area contributed by atoms with Gasteiger partial charge in [-0.2, -0.15) is 0 Å². The Bertz CT molecular complexity index is 147. The topological polar surface area (TPSA) is 27.7 Å². The molecule has 0 atom stereocenters. The molecule has 1 aliphatic heterocycles. The highest BCUT2D eigenvalue weighted by Gasteiger charge is 2.07. The number of ether oxygens (including phenoxy) is 1. The van der Waals surface area contributed by atoms with Crippen LogP contribution < -0.4 is 5.32 Å². The van der Waals surface area contributed by atoms with E-state index in [2.05, 4.69) is 29.2 Å². The number of hydrogen-bond acceptors (Lipinski definition) is 4. The lowest BCUT2D eigenvalue weighted by atomic mass is 10.3. The Balaban J connectivity index is 1.83. The quantitative estimate of drug-likeness (QED) is 0.598. The van der Waals surface area contributed by atoms with Crippen molar-refractivity contribution >= 4 is 0 Å². The van der Waals surface area contributed by atoms with Gasteiger partial charge in [-0.25, -0.2) is 0 Å². The average Bonchev–Trinajstić information content (AvgIpc) is 2.24. The van der Waals surface area contributed by atoms with Crippen molar-refractivity contribution in [1.82, 2.24) is 15.1 Å². The second-order valence-electron chi connectivity index (χ2n) is 4.36. The third-order valence-electron chi connectivity index (χ3n) is 2.66. The largest absolute Gasteiger partial charge is 0.380 e. The standard InChI is InChI=1S/C11H25N3O/c1-13(2)6-3-10-15-11-9-14-7-4-12-5-8-14/h12H,3-11H2,1-2H3. The molecule has 4 heteroatoms. The van der Waals surface area contributed by atoms with Crippen LogP contribution in [0.15, 0.2) is 0 Å². The molecule has 0 saturated carbocycles. The van der Waals surface area contributed by atoms with Crippen LogP contribution >= 0.6 is 0 Å². The SMILES string of the molecule is CN(C)CCCOCCN1CCNCC1. The summed E-state index contributed by atoms with van der Waals surface area (Å²) in [6.07, 6.45) is 1.13. The number of nitrogens with one attached hydrogen (secondary N) is 1. The van der Waals surface area contributed by atoms with E-state index in [1.165, 1.54) is 13.1 Å². The molecule has 1 rings (SSSR count). The average molecular weight is 215 g/mol. The van der Waals surface area contributed by atoms with Gasteiger partial charge in [0.25, 0.3) is 0 Å². The van der Waals surface area contributed by atoms with E-state index in [1.54, 1.807) is 0 Å². The predicted molar refractivity (Wildman–Crippen MR) is 63.3 cm³/mol. The fourth-order valence-corrected chi connectivity index (χ4v) is 1.71. The second-order valence-corrected chi connectivity index (χ2v) is 4.36. The van der Waals surface area contributed by atoms with Crippen molar-refractivity contribution in [2.45, 2.75) is 6.42 Å². The summed E-state index contributed by atoms with van der Waals surface area (Å²) in [7, 11) is 4.20. The molecule has 90 valence electrons. The van der Waals surface area contributed by atoms with E-state index >= 15 is 0 Å². The molecule has 0 unspecified atom stereocenters. The molecule has 4 nitrogen and oxygen atoms in total. The summed E-state index contributed by atoms with van der Waals surface area (Å²) in [5.74, 6) is 0. The van der Waals surface area contributed by atoms with Gasteiger partial charge in [0.1, 0.15) is 0 Å². The van der Waals surface area contributed by atoms with E-state index in [0.29, 0.717) is 0 Å². The normalized spacial score (nSPS) is 18.6. The van der Waals surface area contributed by atoms with Crippen LogP contribution in [0.2, 0.25) is 0 Å². The molecular weight excluding hydrogens is 190 g/mol. The fourth-order valence-electron chi connectivity index (χ4n) is 1.71. The highest BCUT2D eigenvalue weighted by Crippen LogP contribution is 1.92. The van der Waals surface area contributed by atoms with E-state index < -0.39 is 0 Å². The Morgan fingerprint density at radius 3 is 2.60 bits per heavy atom. The molecule has 0 aromatic rings. The minimum Gasteiger partial charge on any atom is -0.380 e. The molecule has 1 fully saturated rings. The maximum atomic E-state index is 5.60. The summed E-state index contributed by atoms with van der Waals surface area (Å²) in [4.78, 5) is 4.65. The summed E-state index contributed by atoms with van der Waals surface area (Å²) in [5.41, 5.74) is 0. The maximum absolute atomic E-state index is 5.60. The van der Waals surface area contributed by atoms with Gasteiger partial charge in [0.05, 0.1) is 6.61 Å². The van der Waals surface area contributed by atoms with Gasteiger partial charge in [0.15, 0.2) is 0 Å². The van der Waals surface area contributed by atoms with Gasteiger partial charge in [0.2, 0.25) is 0 Å². The van der Waals surface area contributed by atoms with Crippen LogP contribution in [0, 0.1) is 0 Å². The van der Waals surface area contributed by atoms with Crippen molar-refractivity contribution in [2.75, 3.05) is 66.6 Å². The minimum absolute atomic E-state index is 0.882. The molecule has 0 spiro atoms. The van der Waals surface area contributed by atoms with Crippen molar-refractivity contribution < 1.29 is 4.74 Å². The molecule has 1 N–H and O–H groups in total. The molecule has 0 aromatic carbocycles. The zero-order valence-electron chi connectivity index (χ0n) is 10.2. The van der Waals surface area contributed by atoms with Crippen molar-refractivity contribution in [2.24, 2.45) is 0 Å². The smallest absolute Gasteiger partial charge is 0.0593 e. The van der Waals surface area contributed by atoms with E-state index in [0.717, 1.165) is 45.8 Å². The summed E-state index contributed by atoms with van der Waals surface area (Å²) in [6.45, 7) is 8.57. The van der Waals surface area contributed by atoms with Gasteiger partial charge >= 0.3 is 0 Å². The summed E-state index contributed by atoms with van der Waals surface area (Å²) < 4.78 is 5.60. The number of rotatable bonds is 7. The first-order valence-electron chi connectivity index (χ1n) is 5.94. The molecule has 15 heavy (non-hydrogen) atoms. The molecule has 0 bridgehead atoms. The Labute approximate surface area is 93.6 Å². The lowest BCUT2D eigenvalue weighted by molar-refractivity contribution is 0.0940. The first-order valence-corrected chi connectivity index (χ1v) is 5.94. The first-order chi connectivity index (χ1) is 7.29. The van der Waals surface area contributed by atoms with Crippen molar-refractivity contribution in [3.8, 4) is 0 Å². The molecular formula is C11H25N3O. The van der Waals surface area contributed by atoms with Gasteiger partial charge in [-0.05, 0) is 27.1 Å². The highest BCUT2D eigenvalue weighted by molar-refractivity contribution is 4.66. The second kappa shape index (κ2) is 8.05. The van der Waals surface area contributed by atoms with Gasteiger partial charge < -0.3 is 15.0 Å². The first kappa shape index (κ1) is 12.9. The molecule has 0 aromatic heterocycles. The van der Waals surface area contributed by atoms with E-state index in [1.807, 2.05) is 0 Å². The van der Waals surface area contributed by atoms with Crippen LogP contribution in [0.1, 0.15) is 6.42 Å². The maximum Gasteiger partial charge on any atom is 0.0593 e. The molecule has 0 amide bonds. The number of hydrogen-bond donors (Lipinski definition) is 1. The Hall–Kier alpha value is -0.160. The molecule has 0 radical (unpaired) electrons. The van der Waals surface area contributed by atoms with Gasteiger partial charge in [-0.1, -0.05) is 0 Å². The number of nitrogens with zero attached hydrogens (tertiary/aromatic N) is 2. The highest BCUT2D eigenvalue weighted by atomic mass is 16.5.